The van der Waals surface area contributed by atoms with Gasteiger partial charge in [-0.25, -0.2) is 9.88 Å². The van der Waals surface area contributed by atoms with Gasteiger partial charge < -0.3 is 5.11 Å². The van der Waals surface area contributed by atoms with E-state index in [0.717, 1.165) is 15.5 Å². The van der Waals surface area contributed by atoms with Crippen LogP contribution in [0.3, 0.4) is 0 Å². The number of anilines is 2. The number of benzene rings is 4. The van der Waals surface area contributed by atoms with E-state index in [0.29, 0.717) is 55.5 Å². The van der Waals surface area contributed by atoms with Crippen LogP contribution in [-0.2, 0) is 30.8 Å². The summed E-state index contributed by atoms with van der Waals surface area (Å²) >= 11 is 19.1. The van der Waals surface area contributed by atoms with Crippen molar-refractivity contribution in [3.63, 3.8) is 0 Å². The topological polar surface area (TPSA) is 120 Å². The summed E-state index contributed by atoms with van der Waals surface area (Å²) in [5.74, 6) is -7.37. The number of phenols is 1. The molecule has 9 nitrogen and oxygen atoms in total. The molecule has 58 heavy (non-hydrogen) atoms. The van der Waals surface area contributed by atoms with Gasteiger partial charge in [-0.2, -0.15) is 18.2 Å². The molecule has 6 atom stereocenters. The highest BCUT2D eigenvalue weighted by Gasteiger charge is 2.70. The van der Waals surface area contributed by atoms with Crippen molar-refractivity contribution in [2.24, 2.45) is 23.7 Å². The molecule has 0 radical (unpaired) electrons. The summed E-state index contributed by atoms with van der Waals surface area (Å²) in [5, 5.41) is 13.1. The van der Waals surface area contributed by atoms with E-state index < -0.39 is 75.4 Å². The number of hydrogen-bond acceptors (Lipinski definition) is 7. The molecule has 5 aromatic rings. The molecule has 1 aromatic heterocycles. The molecule has 3 fully saturated rings. The lowest BCUT2D eigenvalue weighted by Gasteiger charge is -2.51. The van der Waals surface area contributed by atoms with E-state index in [-0.39, 0.29) is 24.4 Å². The number of nitrogens with one attached hydrogen (secondary N) is 1. The molecule has 4 aromatic carbocycles. The second kappa shape index (κ2) is 13.6. The molecule has 3 heterocycles. The van der Waals surface area contributed by atoms with Gasteiger partial charge in [0.15, 0.2) is 5.82 Å². The Kier molecular flexibility index (Phi) is 8.92. The molecule has 4 aliphatic rings. The Morgan fingerprint density at radius 2 is 1.57 bits per heavy atom. The van der Waals surface area contributed by atoms with E-state index in [2.05, 4.69) is 10.4 Å². The van der Waals surface area contributed by atoms with Crippen LogP contribution in [0.1, 0.15) is 41.0 Å². The normalized spacial score (nSPS) is 25.5. The van der Waals surface area contributed by atoms with Gasteiger partial charge in [-0.1, -0.05) is 95.0 Å². The number of amides is 4. The molecule has 2 saturated heterocycles. The van der Waals surface area contributed by atoms with Crippen molar-refractivity contribution in [3.05, 3.63) is 140 Å². The summed E-state index contributed by atoms with van der Waals surface area (Å²) in [6, 6.07) is 22.3. The second-order valence-electron chi connectivity index (χ2n) is 15.1. The van der Waals surface area contributed by atoms with Crippen molar-refractivity contribution < 1.29 is 37.5 Å². The maximum atomic E-state index is 15.5. The third-order valence-corrected chi connectivity index (χ3v) is 13.2. The largest absolute Gasteiger partial charge is 0.507 e. The molecule has 2 aliphatic heterocycles. The standard InChI is InChI=1S/C43H30Cl3F3N4O5/c1-20-6-11-24(17-32(20)45)52-38(55)29-13-12-28-30(35(29)40(52)57)18-31-39(56)53(51-37-33(46)16-22(19-50-37)43(47,48)49)41(58)42(31,21-7-9-23(44)10-8-21)36(28)27-14-15-34(54)26-5-3-2-4-25(26)27/h2-12,14-17,19,29-31,35-36,54H,13,18H2,1H3,(H,50,51). The zero-order valence-electron chi connectivity index (χ0n) is 30.2. The predicted molar refractivity (Wildman–Crippen MR) is 211 cm³/mol. The van der Waals surface area contributed by atoms with E-state index in [4.69, 9.17) is 34.8 Å². The van der Waals surface area contributed by atoms with E-state index in [9.17, 15) is 27.9 Å². The number of alkyl halides is 3. The van der Waals surface area contributed by atoms with Crippen LogP contribution in [0.2, 0.25) is 15.1 Å². The number of hydrazine groups is 1. The fourth-order valence-electron chi connectivity index (χ4n) is 9.66. The van der Waals surface area contributed by atoms with Crippen LogP contribution < -0.4 is 10.3 Å². The van der Waals surface area contributed by atoms with Crippen LogP contribution in [0.4, 0.5) is 24.7 Å². The number of phenolic OH excluding ortho intramolecular Hbond substituents is 1. The molecule has 0 spiro atoms. The minimum absolute atomic E-state index is 0.0226. The molecule has 9 rings (SSSR count). The van der Waals surface area contributed by atoms with Crippen molar-refractivity contribution in [2.75, 3.05) is 10.3 Å². The first kappa shape index (κ1) is 38.1. The fourth-order valence-corrected chi connectivity index (χ4v) is 10.2. The van der Waals surface area contributed by atoms with Crippen molar-refractivity contribution in [2.45, 2.75) is 37.3 Å². The smallest absolute Gasteiger partial charge is 0.417 e. The maximum Gasteiger partial charge on any atom is 0.417 e. The highest BCUT2D eigenvalue weighted by Crippen LogP contribution is 2.65. The number of halogens is 6. The molecule has 15 heteroatoms. The SMILES string of the molecule is Cc1ccc(N2C(=O)C3CC=C4C(CC5C(=O)N(Nc6ncc(C(F)(F)F)cc6Cl)C(=O)C5(c5ccc(Cl)cc5)C4c4ccc(O)c5ccccc45)C3C2=O)cc1Cl. The Morgan fingerprint density at radius 1 is 0.845 bits per heavy atom. The molecule has 2 N–H and O–H groups in total. The van der Waals surface area contributed by atoms with Crippen LogP contribution in [0.5, 0.6) is 5.75 Å². The zero-order valence-corrected chi connectivity index (χ0v) is 32.5. The second-order valence-corrected chi connectivity index (χ2v) is 16.3. The molecule has 4 amide bonds. The number of aryl methyl sites for hydroxylation is 1. The van der Waals surface area contributed by atoms with Crippen LogP contribution in [0.15, 0.2) is 103 Å². The van der Waals surface area contributed by atoms with Crippen LogP contribution in [0.25, 0.3) is 10.8 Å². The Hall–Kier alpha value is -5.43. The van der Waals surface area contributed by atoms with Gasteiger partial charge in [-0.05, 0) is 84.2 Å². The van der Waals surface area contributed by atoms with E-state index in [1.165, 1.54) is 6.07 Å². The van der Waals surface area contributed by atoms with Crippen LogP contribution in [0, 0.1) is 30.6 Å². The van der Waals surface area contributed by atoms with Crippen molar-refractivity contribution >= 4 is 80.7 Å². The molecule has 2 aliphatic carbocycles. The number of aromatic nitrogens is 1. The van der Waals surface area contributed by atoms with Crippen LogP contribution in [-0.4, -0.2) is 38.7 Å². The van der Waals surface area contributed by atoms with Gasteiger partial charge in [0.25, 0.3) is 11.8 Å². The van der Waals surface area contributed by atoms with Gasteiger partial charge in [-0.3, -0.25) is 24.6 Å². The first-order valence-corrected chi connectivity index (χ1v) is 19.4. The van der Waals surface area contributed by atoms with Gasteiger partial charge in [0.2, 0.25) is 11.8 Å². The minimum atomic E-state index is -4.76. The fraction of sp³-hybridized carbons (Fsp3) is 0.233. The summed E-state index contributed by atoms with van der Waals surface area (Å²) < 4.78 is 40.7. The first-order valence-electron chi connectivity index (χ1n) is 18.3. The van der Waals surface area contributed by atoms with Crippen molar-refractivity contribution in [1.29, 1.82) is 0 Å². The highest BCUT2D eigenvalue weighted by atomic mass is 35.5. The summed E-state index contributed by atoms with van der Waals surface area (Å²) in [4.78, 5) is 64.4. The maximum absolute atomic E-state index is 15.5. The van der Waals surface area contributed by atoms with Crippen molar-refractivity contribution in [3.8, 4) is 5.75 Å². The first-order chi connectivity index (χ1) is 27.6. The predicted octanol–water partition coefficient (Wildman–Crippen LogP) is 9.42. The van der Waals surface area contributed by atoms with Crippen LogP contribution >= 0.6 is 34.8 Å². The molecule has 294 valence electrons. The van der Waals surface area contributed by atoms with Crippen molar-refractivity contribution in [1.82, 2.24) is 9.99 Å². The summed E-state index contributed by atoms with van der Waals surface area (Å²) in [6.45, 7) is 1.80. The third-order valence-electron chi connectivity index (χ3n) is 12.2. The monoisotopic (exact) mass is 844 g/mol. The summed E-state index contributed by atoms with van der Waals surface area (Å²) in [6.07, 6.45) is -2.22. The number of carbonyl (C=O) groups is 4. The van der Waals surface area contributed by atoms with E-state index >= 15 is 9.59 Å². The Bertz CT molecular complexity index is 2650. The van der Waals surface area contributed by atoms with Gasteiger partial charge in [-0.15, -0.1) is 0 Å². The summed E-state index contributed by atoms with van der Waals surface area (Å²) in [7, 11) is 0. The summed E-state index contributed by atoms with van der Waals surface area (Å²) in [5.41, 5.74) is 2.47. The average molecular weight is 846 g/mol. The van der Waals surface area contributed by atoms with Gasteiger partial charge in [0, 0.05) is 27.5 Å². The Balaban J connectivity index is 1.26. The number of hydrogen-bond donors (Lipinski definition) is 2. The number of fused-ring (bicyclic) bond motifs is 5. The Labute approximate surface area is 344 Å². The Morgan fingerprint density at radius 3 is 2.26 bits per heavy atom. The number of imide groups is 2. The molecule has 1 saturated carbocycles. The van der Waals surface area contributed by atoms with Gasteiger partial charge in [0.1, 0.15) is 5.75 Å². The number of allylic oxidation sites excluding steroid dienone is 2. The highest BCUT2D eigenvalue weighted by molar-refractivity contribution is 6.33. The zero-order chi connectivity index (χ0) is 41.0. The minimum Gasteiger partial charge on any atom is -0.507 e. The van der Waals surface area contributed by atoms with Gasteiger partial charge in [0.05, 0.1) is 39.4 Å². The molecule has 6 unspecified atom stereocenters. The number of carbonyl (C=O) groups excluding carboxylic acids is 4. The quantitative estimate of drug-likeness (QED) is 0.134. The van der Waals surface area contributed by atoms with E-state index in [1.807, 2.05) is 6.08 Å². The number of rotatable bonds is 5. The van der Waals surface area contributed by atoms with Gasteiger partial charge >= 0.3 is 6.18 Å². The third kappa shape index (κ3) is 5.55. The lowest BCUT2D eigenvalue weighted by Crippen LogP contribution is -2.53. The lowest BCUT2D eigenvalue weighted by atomic mass is 9.49. The number of pyridine rings is 1. The van der Waals surface area contributed by atoms with E-state index in [1.54, 1.807) is 79.7 Å². The lowest BCUT2D eigenvalue weighted by molar-refractivity contribution is -0.139. The molecule has 0 bridgehead atoms. The number of nitrogens with zero attached hydrogens (tertiary/aromatic N) is 3. The molecular formula is C43H30Cl3F3N4O5. The average Bonchev–Trinajstić information content (AvgIpc) is 3.57. The molecular weight excluding hydrogens is 816 g/mol. The number of aromatic hydroxyl groups is 1.